The topological polar surface area (TPSA) is 49.4 Å². The number of nitrogens with one attached hydrogen (secondary N) is 1. The molecule has 1 saturated heterocycles. The average Bonchev–Trinajstić information content (AvgIpc) is 2.45. The van der Waals surface area contributed by atoms with Gasteiger partial charge < -0.3 is 4.90 Å². The molecule has 1 aromatic rings. The van der Waals surface area contributed by atoms with E-state index in [1.165, 1.54) is 19.3 Å². The Bertz CT molecular complexity index is 639. The number of benzene rings is 1. The Morgan fingerprint density at radius 1 is 1.04 bits per heavy atom. The standard InChI is InChI=1S/C19H32N2O2S/c1-14(2)18(13-21-9-7-6-8-10-21)20-24(22,23)19-16(4)11-15(3)12-17(19)5/h11-12,14,18,20H,6-10,13H2,1-5H3. The first kappa shape index (κ1) is 19.4. The van der Waals surface area contributed by atoms with Crippen molar-refractivity contribution < 1.29 is 8.42 Å². The highest BCUT2D eigenvalue weighted by Crippen LogP contribution is 2.23. The minimum absolute atomic E-state index is 0.0618. The van der Waals surface area contributed by atoms with Crippen LogP contribution in [0.5, 0.6) is 0 Å². The number of hydrogen-bond donors (Lipinski definition) is 1. The number of nitrogens with zero attached hydrogens (tertiary/aromatic N) is 1. The van der Waals surface area contributed by atoms with Gasteiger partial charge in [0.25, 0.3) is 0 Å². The van der Waals surface area contributed by atoms with Crippen molar-refractivity contribution in [1.29, 1.82) is 0 Å². The Morgan fingerprint density at radius 3 is 2.08 bits per heavy atom. The van der Waals surface area contributed by atoms with E-state index in [4.69, 9.17) is 0 Å². The molecule has 0 aromatic heterocycles. The number of likely N-dealkylation sites (tertiary alicyclic amines) is 1. The Hall–Kier alpha value is -0.910. The number of aryl methyl sites for hydroxylation is 3. The highest BCUT2D eigenvalue weighted by molar-refractivity contribution is 7.89. The van der Waals surface area contributed by atoms with Crippen molar-refractivity contribution in [2.24, 2.45) is 5.92 Å². The molecule has 24 heavy (non-hydrogen) atoms. The van der Waals surface area contributed by atoms with Gasteiger partial charge in [-0.15, -0.1) is 0 Å². The molecule has 1 heterocycles. The monoisotopic (exact) mass is 352 g/mol. The molecular formula is C19H32N2O2S. The SMILES string of the molecule is Cc1cc(C)c(S(=O)(=O)NC(CN2CCCCC2)C(C)C)c(C)c1. The maximum Gasteiger partial charge on any atom is 0.241 e. The van der Waals surface area contributed by atoms with E-state index in [-0.39, 0.29) is 12.0 Å². The summed E-state index contributed by atoms with van der Waals surface area (Å²) >= 11 is 0. The lowest BCUT2D eigenvalue weighted by Crippen LogP contribution is -2.48. The quantitative estimate of drug-likeness (QED) is 0.854. The van der Waals surface area contributed by atoms with Crippen LogP contribution in [-0.4, -0.2) is 39.0 Å². The smallest absolute Gasteiger partial charge is 0.241 e. The van der Waals surface area contributed by atoms with E-state index in [1.54, 1.807) is 0 Å². The fourth-order valence-corrected chi connectivity index (χ4v) is 5.48. The zero-order valence-electron chi connectivity index (χ0n) is 15.7. The molecule has 1 aliphatic rings. The molecule has 1 aliphatic heterocycles. The summed E-state index contributed by atoms with van der Waals surface area (Å²) in [6, 6.07) is 3.82. The van der Waals surface area contributed by atoms with Crippen LogP contribution in [-0.2, 0) is 10.0 Å². The molecule has 0 bridgehead atoms. The van der Waals surface area contributed by atoms with Gasteiger partial charge in [-0.1, -0.05) is 38.0 Å². The van der Waals surface area contributed by atoms with Crippen LogP contribution < -0.4 is 4.72 Å². The summed E-state index contributed by atoms with van der Waals surface area (Å²) in [5, 5.41) is 0. The van der Waals surface area contributed by atoms with Crippen LogP contribution in [0.3, 0.4) is 0 Å². The van der Waals surface area contributed by atoms with E-state index in [1.807, 2.05) is 32.9 Å². The second-order valence-electron chi connectivity index (χ2n) is 7.56. The third kappa shape index (κ3) is 4.80. The number of rotatable bonds is 6. The Balaban J connectivity index is 2.21. The third-order valence-electron chi connectivity index (χ3n) is 4.89. The Morgan fingerprint density at radius 2 is 1.58 bits per heavy atom. The normalized spacial score (nSPS) is 18.1. The largest absolute Gasteiger partial charge is 0.302 e. The fraction of sp³-hybridized carbons (Fsp3) is 0.684. The zero-order valence-corrected chi connectivity index (χ0v) is 16.5. The number of hydrogen-bond acceptors (Lipinski definition) is 3. The minimum Gasteiger partial charge on any atom is -0.302 e. The summed E-state index contributed by atoms with van der Waals surface area (Å²) in [4.78, 5) is 2.84. The van der Waals surface area contributed by atoms with Crippen molar-refractivity contribution in [2.45, 2.75) is 64.8 Å². The first-order valence-electron chi connectivity index (χ1n) is 9.03. The fourth-order valence-electron chi connectivity index (χ4n) is 3.65. The highest BCUT2D eigenvalue weighted by atomic mass is 32.2. The number of sulfonamides is 1. The van der Waals surface area contributed by atoms with Gasteiger partial charge in [0.05, 0.1) is 4.90 Å². The van der Waals surface area contributed by atoms with Crippen molar-refractivity contribution >= 4 is 10.0 Å². The lowest BCUT2D eigenvalue weighted by atomic mass is 10.0. The molecule has 0 saturated carbocycles. The molecule has 1 aromatic carbocycles. The number of piperidine rings is 1. The van der Waals surface area contributed by atoms with Crippen molar-refractivity contribution in [3.05, 3.63) is 28.8 Å². The third-order valence-corrected chi connectivity index (χ3v) is 6.68. The molecule has 0 spiro atoms. The molecule has 0 radical (unpaired) electrons. The van der Waals surface area contributed by atoms with Crippen molar-refractivity contribution in [2.75, 3.05) is 19.6 Å². The van der Waals surface area contributed by atoms with Gasteiger partial charge in [0.15, 0.2) is 0 Å². The lowest BCUT2D eigenvalue weighted by molar-refractivity contribution is 0.197. The van der Waals surface area contributed by atoms with Gasteiger partial charge in [0, 0.05) is 12.6 Å². The van der Waals surface area contributed by atoms with E-state index >= 15 is 0 Å². The van der Waals surface area contributed by atoms with Gasteiger partial charge in [-0.25, -0.2) is 13.1 Å². The summed E-state index contributed by atoms with van der Waals surface area (Å²) in [6.07, 6.45) is 3.72. The van der Waals surface area contributed by atoms with E-state index in [9.17, 15) is 8.42 Å². The van der Waals surface area contributed by atoms with Crippen LogP contribution in [0, 0.1) is 26.7 Å². The molecule has 1 unspecified atom stereocenters. The lowest BCUT2D eigenvalue weighted by Gasteiger charge is -2.32. The Kier molecular flexibility index (Phi) is 6.46. The zero-order chi connectivity index (χ0) is 17.9. The van der Waals surface area contributed by atoms with Gasteiger partial charge in [0.1, 0.15) is 0 Å². The first-order chi connectivity index (χ1) is 11.2. The van der Waals surface area contributed by atoms with Gasteiger partial charge >= 0.3 is 0 Å². The summed E-state index contributed by atoms with van der Waals surface area (Å²) in [7, 11) is -3.51. The molecule has 136 valence electrons. The molecule has 4 nitrogen and oxygen atoms in total. The van der Waals surface area contributed by atoms with E-state index in [0.717, 1.165) is 36.3 Å². The molecule has 1 fully saturated rings. The van der Waals surface area contributed by atoms with Gasteiger partial charge in [-0.05, 0) is 63.7 Å². The van der Waals surface area contributed by atoms with Crippen LogP contribution >= 0.6 is 0 Å². The van der Waals surface area contributed by atoms with Crippen LogP contribution in [0.4, 0.5) is 0 Å². The van der Waals surface area contributed by atoms with Crippen LogP contribution in [0.15, 0.2) is 17.0 Å². The summed E-state index contributed by atoms with van der Waals surface area (Å²) < 4.78 is 29.0. The maximum absolute atomic E-state index is 13.0. The Labute approximate surface area is 147 Å². The molecule has 1 atom stereocenters. The van der Waals surface area contributed by atoms with Gasteiger partial charge in [0.2, 0.25) is 10.0 Å². The van der Waals surface area contributed by atoms with Gasteiger partial charge in [-0.3, -0.25) is 0 Å². The van der Waals surface area contributed by atoms with E-state index in [2.05, 4.69) is 23.5 Å². The van der Waals surface area contributed by atoms with Crippen molar-refractivity contribution in [3.63, 3.8) is 0 Å². The van der Waals surface area contributed by atoms with Crippen molar-refractivity contribution in [1.82, 2.24) is 9.62 Å². The summed E-state index contributed by atoms with van der Waals surface area (Å²) in [5.41, 5.74) is 2.73. The second-order valence-corrected chi connectivity index (χ2v) is 9.21. The predicted octanol–water partition coefficient (Wildman–Crippen LogP) is 3.40. The molecule has 1 N–H and O–H groups in total. The van der Waals surface area contributed by atoms with Crippen LogP contribution in [0.1, 0.15) is 49.8 Å². The average molecular weight is 353 g/mol. The van der Waals surface area contributed by atoms with Crippen LogP contribution in [0.25, 0.3) is 0 Å². The molecule has 5 heteroatoms. The van der Waals surface area contributed by atoms with E-state index < -0.39 is 10.0 Å². The molecule has 0 aliphatic carbocycles. The van der Waals surface area contributed by atoms with Crippen molar-refractivity contribution in [3.8, 4) is 0 Å². The summed E-state index contributed by atoms with van der Waals surface area (Å²) in [6.45, 7) is 12.9. The van der Waals surface area contributed by atoms with Gasteiger partial charge in [-0.2, -0.15) is 0 Å². The maximum atomic E-state index is 13.0. The second kappa shape index (κ2) is 7.98. The minimum atomic E-state index is -3.51. The summed E-state index contributed by atoms with van der Waals surface area (Å²) in [5.74, 6) is 0.257. The first-order valence-corrected chi connectivity index (χ1v) is 10.5. The highest BCUT2D eigenvalue weighted by Gasteiger charge is 2.27. The molecular weight excluding hydrogens is 320 g/mol. The predicted molar refractivity (Wildman–Crippen MR) is 99.9 cm³/mol. The van der Waals surface area contributed by atoms with Crippen LogP contribution in [0.2, 0.25) is 0 Å². The molecule has 2 rings (SSSR count). The molecule has 0 amide bonds. The van der Waals surface area contributed by atoms with E-state index in [0.29, 0.717) is 4.90 Å².